The Kier molecular flexibility index (Phi) is 5.79. The summed E-state index contributed by atoms with van der Waals surface area (Å²) in [5.41, 5.74) is 3.97. The van der Waals surface area contributed by atoms with Gasteiger partial charge in [-0.2, -0.15) is 0 Å². The van der Waals surface area contributed by atoms with Crippen molar-refractivity contribution in [3.8, 4) is 0 Å². The van der Waals surface area contributed by atoms with Crippen LogP contribution in [-0.4, -0.2) is 22.4 Å². The van der Waals surface area contributed by atoms with Crippen LogP contribution in [0.4, 0.5) is 0 Å². The molecule has 1 aromatic rings. The maximum absolute atomic E-state index is 10.0. The van der Waals surface area contributed by atoms with Gasteiger partial charge in [0.15, 0.2) is 0 Å². The third-order valence-electron chi connectivity index (χ3n) is 4.13. The fourth-order valence-corrected chi connectivity index (χ4v) is 2.56. The van der Waals surface area contributed by atoms with Crippen LogP contribution in [0.2, 0.25) is 0 Å². The fourth-order valence-electron chi connectivity index (χ4n) is 2.56. The van der Waals surface area contributed by atoms with Gasteiger partial charge in [0, 0.05) is 0 Å². The number of aliphatic hydroxyl groups is 2. The normalized spacial score (nSPS) is 16.8. The van der Waals surface area contributed by atoms with Gasteiger partial charge >= 0.3 is 0 Å². The van der Waals surface area contributed by atoms with E-state index in [9.17, 15) is 10.2 Å². The van der Waals surface area contributed by atoms with E-state index in [0.717, 1.165) is 0 Å². The van der Waals surface area contributed by atoms with E-state index >= 15 is 0 Å². The lowest BCUT2D eigenvalue weighted by atomic mass is 9.82. The first-order chi connectivity index (χ1) is 9.16. The summed E-state index contributed by atoms with van der Waals surface area (Å²) < 4.78 is 0. The Hall–Kier alpha value is -0.860. The van der Waals surface area contributed by atoms with Crippen molar-refractivity contribution in [2.45, 2.75) is 77.9 Å². The molecule has 0 aromatic heterocycles. The lowest BCUT2D eigenvalue weighted by molar-refractivity contribution is 0.00950. The van der Waals surface area contributed by atoms with Crippen LogP contribution in [0.25, 0.3) is 0 Å². The first-order valence-electron chi connectivity index (χ1n) is 7.64. The molecule has 3 unspecified atom stereocenters. The van der Waals surface area contributed by atoms with Crippen LogP contribution >= 0.6 is 0 Å². The molecule has 0 amide bonds. The quantitative estimate of drug-likeness (QED) is 0.857. The molecule has 0 spiro atoms. The van der Waals surface area contributed by atoms with Gasteiger partial charge < -0.3 is 10.2 Å². The van der Waals surface area contributed by atoms with E-state index in [1.807, 2.05) is 6.92 Å². The van der Waals surface area contributed by atoms with Gasteiger partial charge in [0.05, 0.1) is 12.2 Å². The van der Waals surface area contributed by atoms with Gasteiger partial charge in [0.2, 0.25) is 0 Å². The van der Waals surface area contributed by atoms with E-state index in [0.29, 0.717) is 12.8 Å². The highest BCUT2D eigenvalue weighted by Gasteiger charge is 2.21. The van der Waals surface area contributed by atoms with Crippen molar-refractivity contribution in [3.05, 3.63) is 34.9 Å². The highest BCUT2D eigenvalue weighted by atomic mass is 16.3. The van der Waals surface area contributed by atoms with Crippen molar-refractivity contribution in [2.75, 3.05) is 0 Å². The number of aryl methyl sites for hydroxylation is 1. The number of aliphatic hydroxyl groups excluding tert-OH is 2. The second kappa shape index (κ2) is 6.73. The highest BCUT2D eigenvalue weighted by molar-refractivity contribution is 5.36. The van der Waals surface area contributed by atoms with Crippen LogP contribution in [0.3, 0.4) is 0 Å². The number of hydrogen-bond donors (Lipinski definition) is 2. The summed E-state index contributed by atoms with van der Waals surface area (Å²) in [7, 11) is 0. The summed E-state index contributed by atoms with van der Waals surface area (Å²) in [6.07, 6.45) is -0.0746. The number of rotatable bonds is 5. The van der Waals surface area contributed by atoms with Crippen LogP contribution in [0.1, 0.15) is 70.1 Å². The van der Waals surface area contributed by atoms with E-state index in [2.05, 4.69) is 52.8 Å². The van der Waals surface area contributed by atoms with Gasteiger partial charge in [-0.15, -0.1) is 0 Å². The molecule has 0 aliphatic heterocycles. The van der Waals surface area contributed by atoms with Crippen molar-refractivity contribution < 1.29 is 10.2 Å². The smallest absolute Gasteiger partial charge is 0.0804 e. The summed E-state index contributed by atoms with van der Waals surface area (Å²) in [6, 6.07) is 6.60. The maximum Gasteiger partial charge on any atom is 0.0804 e. The molecule has 1 rings (SSSR count). The molecular formula is C18H30O2. The minimum Gasteiger partial charge on any atom is -0.390 e. The standard InChI is InChI=1S/C18H30O2/c1-7-16(19)17(20)10-13(3)15-11-14(18(4,5)6)9-8-12(15)2/h8-9,11,13,16-17,19-20H,7,10H2,1-6H3. The van der Waals surface area contributed by atoms with E-state index < -0.39 is 12.2 Å². The second-order valence-electron chi connectivity index (χ2n) is 7.00. The summed E-state index contributed by atoms with van der Waals surface area (Å²) >= 11 is 0. The van der Waals surface area contributed by atoms with Crippen molar-refractivity contribution in [1.29, 1.82) is 0 Å². The SMILES string of the molecule is CCC(O)C(O)CC(C)c1cc(C(C)(C)C)ccc1C. The molecule has 0 aliphatic carbocycles. The molecule has 114 valence electrons. The fraction of sp³-hybridized carbons (Fsp3) is 0.667. The zero-order chi connectivity index (χ0) is 15.5. The molecule has 0 heterocycles. The van der Waals surface area contributed by atoms with Crippen LogP contribution in [0, 0.1) is 6.92 Å². The minimum atomic E-state index is -0.646. The molecule has 0 saturated carbocycles. The van der Waals surface area contributed by atoms with E-state index in [-0.39, 0.29) is 11.3 Å². The molecule has 1 aromatic carbocycles. The van der Waals surface area contributed by atoms with Gasteiger partial charge in [-0.1, -0.05) is 52.8 Å². The predicted octanol–water partition coefficient (Wildman–Crippen LogP) is 3.92. The van der Waals surface area contributed by atoms with Crippen molar-refractivity contribution in [1.82, 2.24) is 0 Å². The molecular weight excluding hydrogens is 248 g/mol. The Labute approximate surface area is 123 Å². The topological polar surface area (TPSA) is 40.5 Å². The lowest BCUT2D eigenvalue weighted by Gasteiger charge is -2.25. The second-order valence-corrected chi connectivity index (χ2v) is 7.00. The Morgan fingerprint density at radius 1 is 1.10 bits per heavy atom. The largest absolute Gasteiger partial charge is 0.390 e. The van der Waals surface area contributed by atoms with Crippen LogP contribution in [-0.2, 0) is 5.41 Å². The summed E-state index contributed by atoms with van der Waals surface area (Å²) in [6.45, 7) is 12.8. The Bertz CT molecular complexity index is 432. The maximum atomic E-state index is 10.0. The molecule has 2 heteroatoms. The summed E-state index contributed by atoms with van der Waals surface area (Å²) in [4.78, 5) is 0. The van der Waals surface area contributed by atoms with Gasteiger partial charge in [-0.3, -0.25) is 0 Å². The van der Waals surface area contributed by atoms with Gasteiger partial charge in [-0.05, 0) is 47.8 Å². The van der Waals surface area contributed by atoms with Crippen LogP contribution in [0.5, 0.6) is 0 Å². The van der Waals surface area contributed by atoms with Gasteiger partial charge in [-0.25, -0.2) is 0 Å². The molecule has 3 atom stereocenters. The number of benzene rings is 1. The Morgan fingerprint density at radius 2 is 1.70 bits per heavy atom. The van der Waals surface area contributed by atoms with Crippen molar-refractivity contribution >= 4 is 0 Å². The average Bonchev–Trinajstić information content (AvgIpc) is 2.36. The molecule has 0 aliphatic rings. The molecule has 0 radical (unpaired) electrons. The van der Waals surface area contributed by atoms with Crippen molar-refractivity contribution in [2.24, 2.45) is 0 Å². The monoisotopic (exact) mass is 278 g/mol. The lowest BCUT2D eigenvalue weighted by Crippen LogP contribution is -2.26. The predicted molar refractivity (Wildman–Crippen MR) is 85.2 cm³/mol. The zero-order valence-corrected chi connectivity index (χ0v) is 13.8. The molecule has 0 bridgehead atoms. The molecule has 20 heavy (non-hydrogen) atoms. The molecule has 2 nitrogen and oxygen atoms in total. The van der Waals surface area contributed by atoms with Gasteiger partial charge in [0.1, 0.15) is 0 Å². The van der Waals surface area contributed by atoms with E-state index in [1.54, 1.807) is 0 Å². The first-order valence-corrected chi connectivity index (χ1v) is 7.64. The third kappa shape index (κ3) is 4.32. The zero-order valence-electron chi connectivity index (χ0n) is 13.8. The Balaban J connectivity index is 2.95. The third-order valence-corrected chi connectivity index (χ3v) is 4.13. The Morgan fingerprint density at radius 3 is 2.20 bits per heavy atom. The van der Waals surface area contributed by atoms with E-state index in [1.165, 1.54) is 16.7 Å². The van der Waals surface area contributed by atoms with E-state index in [4.69, 9.17) is 0 Å². The summed E-state index contributed by atoms with van der Waals surface area (Å²) in [5.74, 6) is 0.244. The van der Waals surface area contributed by atoms with Crippen LogP contribution in [0.15, 0.2) is 18.2 Å². The summed E-state index contributed by atoms with van der Waals surface area (Å²) in [5, 5.41) is 19.7. The highest BCUT2D eigenvalue weighted by Crippen LogP contribution is 2.30. The number of hydrogen-bond acceptors (Lipinski definition) is 2. The van der Waals surface area contributed by atoms with Crippen LogP contribution < -0.4 is 0 Å². The molecule has 0 fully saturated rings. The minimum absolute atomic E-state index is 0.129. The molecule has 0 saturated heterocycles. The van der Waals surface area contributed by atoms with Gasteiger partial charge in [0.25, 0.3) is 0 Å². The van der Waals surface area contributed by atoms with Crippen molar-refractivity contribution in [3.63, 3.8) is 0 Å². The first kappa shape index (κ1) is 17.2. The molecule has 2 N–H and O–H groups in total. The average molecular weight is 278 g/mol.